The Morgan fingerprint density at radius 2 is 2.08 bits per heavy atom. The molecular formula is C9H14O3. The molecule has 2 rings (SSSR count). The van der Waals surface area contributed by atoms with Gasteiger partial charge >= 0.3 is 5.97 Å². The van der Waals surface area contributed by atoms with Crippen molar-refractivity contribution in [1.82, 2.24) is 0 Å². The van der Waals surface area contributed by atoms with Crippen LogP contribution >= 0.6 is 0 Å². The first-order valence-corrected chi connectivity index (χ1v) is 4.63. The molecule has 1 heterocycles. The summed E-state index contributed by atoms with van der Waals surface area (Å²) in [7, 11) is 0. The van der Waals surface area contributed by atoms with E-state index in [0.717, 1.165) is 12.8 Å². The van der Waals surface area contributed by atoms with Crippen molar-refractivity contribution in [3.05, 3.63) is 0 Å². The lowest BCUT2D eigenvalue weighted by molar-refractivity contribution is -0.142. The highest BCUT2D eigenvalue weighted by Gasteiger charge is 2.42. The highest BCUT2D eigenvalue weighted by molar-refractivity contribution is 5.71. The van der Waals surface area contributed by atoms with Gasteiger partial charge in [0.25, 0.3) is 0 Å². The number of fused-ring (bicyclic) bond motifs is 1. The Kier molecular flexibility index (Phi) is 2.05. The Bertz CT molecular complexity index is 190. The zero-order valence-corrected chi connectivity index (χ0v) is 7.03. The molecule has 2 aliphatic rings. The van der Waals surface area contributed by atoms with Crippen LogP contribution in [0, 0.1) is 11.8 Å². The fourth-order valence-corrected chi connectivity index (χ4v) is 2.40. The summed E-state index contributed by atoms with van der Waals surface area (Å²) in [5.41, 5.74) is 0. The van der Waals surface area contributed by atoms with Crippen molar-refractivity contribution in [2.45, 2.75) is 31.8 Å². The van der Waals surface area contributed by atoms with Crippen LogP contribution in [0.15, 0.2) is 0 Å². The number of hydrogen-bond acceptors (Lipinski definition) is 2. The molecule has 0 aromatic rings. The summed E-state index contributed by atoms with van der Waals surface area (Å²) in [6.45, 7) is 0.435. The zero-order valence-electron chi connectivity index (χ0n) is 7.03. The SMILES string of the molecule is O=C(O)[C@H]1CO[C@H]2CCCC[C@@H]21. The van der Waals surface area contributed by atoms with E-state index in [1.54, 1.807) is 0 Å². The molecule has 0 amide bonds. The number of carboxylic acid groups (broad SMARTS) is 1. The minimum atomic E-state index is -0.676. The molecule has 0 radical (unpaired) electrons. The minimum absolute atomic E-state index is 0.227. The maximum atomic E-state index is 10.8. The van der Waals surface area contributed by atoms with Crippen LogP contribution in [0.4, 0.5) is 0 Å². The highest BCUT2D eigenvalue weighted by atomic mass is 16.5. The topological polar surface area (TPSA) is 46.5 Å². The third-order valence-electron chi connectivity index (χ3n) is 3.08. The van der Waals surface area contributed by atoms with E-state index < -0.39 is 5.97 Å². The second kappa shape index (κ2) is 3.05. The van der Waals surface area contributed by atoms with Gasteiger partial charge < -0.3 is 9.84 Å². The fourth-order valence-electron chi connectivity index (χ4n) is 2.40. The van der Waals surface area contributed by atoms with Crippen molar-refractivity contribution in [3.63, 3.8) is 0 Å². The Morgan fingerprint density at radius 3 is 2.83 bits per heavy atom. The molecule has 1 aliphatic carbocycles. The lowest BCUT2D eigenvalue weighted by atomic mass is 9.80. The van der Waals surface area contributed by atoms with Gasteiger partial charge in [-0.05, 0) is 12.8 Å². The minimum Gasteiger partial charge on any atom is -0.481 e. The molecule has 3 heteroatoms. The molecule has 0 aromatic heterocycles. The first-order chi connectivity index (χ1) is 5.79. The van der Waals surface area contributed by atoms with Gasteiger partial charge in [-0.15, -0.1) is 0 Å². The molecule has 0 unspecified atom stereocenters. The van der Waals surface area contributed by atoms with Gasteiger partial charge in [-0.25, -0.2) is 0 Å². The van der Waals surface area contributed by atoms with Gasteiger partial charge in [0.05, 0.1) is 18.6 Å². The van der Waals surface area contributed by atoms with Crippen LogP contribution in [0.5, 0.6) is 0 Å². The number of ether oxygens (including phenoxy) is 1. The summed E-state index contributed by atoms with van der Waals surface area (Å²) in [4.78, 5) is 10.8. The van der Waals surface area contributed by atoms with Crippen LogP contribution in [-0.2, 0) is 9.53 Å². The van der Waals surface area contributed by atoms with Gasteiger partial charge in [0.1, 0.15) is 0 Å². The molecule has 3 atom stereocenters. The van der Waals surface area contributed by atoms with E-state index in [9.17, 15) is 4.79 Å². The van der Waals surface area contributed by atoms with Crippen LogP contribution in [-0.4, -0.2) is 23.8 Å². The summed E-state index contributed by atoms with van der Waals surface area (Å²) in [6, 6.07) is 0. The van der Waals surface area contributed by atoms with Gasteiger partial charge in [-0.2, -0.15) is 0 Å². The predicted molar refractivity (Wildman–Crippen MR) is 42.8 cm³/mol. The summed E-state index contributed by atoms with van der Waals surface area (Å²) < 4.78 is 5.45. The van der Waals surface area contributed by atoms with Crippen molar-refractivity contribution in [2.24, 2.45) is 11.8 Å². The third-order valence-corrected chi connectivity index (χ3v) is 3.08. The van der Waals surface area contributed by atoms with Crippen molar-refractivity contribution in [2.75, 3.05) is 6.61 Å². The zero-order chi connectivity index (χ0) is 8.55. The monoisotopic (exact) mass is 170 g/mol. The van der Waals surface area contributed by atoms with E-state index in [2.05, 4.69) is 0 Å². The molecule has 12 heavy (non-hydrogen) atoms. The Hall–Kier alpha value is -0.570. The van der Waals surface area contributed by atoms with E-state index in [-0.39, 0.29) is 12.0 Å². The second-order valence-corrected chi connectivity index (χ2v) is 3.76. The van der Waals surface area contributed by atoms with Gasteiger partial charge in [0.2, 0.25) is 0 Å². The van der Waals surface area contributed by atoms with E-state index in [4.69, 9.17) is 9.84 Å². The van der Waals surface area contributed by atoms with Crippen LogP contribution in [0.3, 0.4) is 0 Å². The van der Waals surface area contributed by atoms with E-state index in [0.29, 0.717) is 12.5 Å². The summed E-state index contributed by atoms with van der Waals surface area (Å²) >= 11 is 0. The van der Waals surface area contributed by atoms with Crippen LogP contribution in [0.2, 0.25) is 0 Å². The molecule has 2 fully saturated rings. The Balaban J connectivity index is 2.05. The van der Waals surface area contributed by atoms with Crippen LogP contribution in [0.25, 0.3) is 0 Å². The lowest BCUT2D eigenvalue weighted by Gasteiger charge is -2.25. The molecular weight excluding hydrogens is 156 g/mol. The first-order valence-electron chi connectivity index (χ1n) is 4.63. The van der Waals surface area contributed by atoms with E-state index in [1.165, 1.54) is 12.8 Å². The van der Waals surface area contributed by atoms with Crippen molar-refractivity contribution < 1.29 is 14.6 Å². The number of hydrogen-bond donors (Lipinski definition) is 1. The molecule has 68 valence electrons. The van der Waals surface area contributed by atoms with Crippen LogP contribution in [0.1, 0.15) is 25.7 Å². The number of aliphatic carboxylic acids is 1. The maximum absolute atomic E-state index is 10.8. The molecule has 0 spiro atoms. The van der Waals surface area contributed by atoms with Gasteiger partial charge in [0.15, 0.2) is 0 Å². The van der Waals surface area contributed by atoms with Crippen molar-refractivity contribution in [3.8, 4) is 0 Å². The smallest absolute Gasteiger partial charge is 0.309 e. The standard InChI is InChI=1S/C9H14O3/c10-9(11)7-5-12-8-4-2-1-3-6(7)8/h6-8H,1-5H2,(H,10,11)/t6-,7+,8+/m1/s1. The second-order valence-electron chi connectivity index (χ2n) is 3.76. The predicted octanol–water partition coefficient (Wildman–Crippen LogP) is 1.28. The molecule has 0 bridgehead atoms. The summed E-state index contributed by atoms with van der Waals surface area (Å²) in [5.74, 6) is -0.601. The highest BCUT2D eigenvalue weighted by Crippen LogP contribution is 2.37. The van der Waals surface area contributed by atoms with E-state index in [1.807, 2.05) is 0 Å². The molecule has 1 saturated heterocycles. The average molecular weight is 170 g/mol. The Morgan fingerprint density at radius 1 is 1.33 bits per heavy atom. The molecule has 1 N–H and O–H groups in total. The van der Waals surface area contributed by atoms with Gasteiger partial charge in [-0.1, -0.05) is 12.8 Å². The maximum Gasteiger partial charge on any atom is 0.309 e. The largest absolute Gasteiger partial charge is 0.481 e. The van der Waals surface area contributed by atoms with Gasteiger partial charge in [0, 0.05) is 5.92 Å². The Labute approximate surface area is 71.7 Å². The quantitative estimate of drug-likeness (QED) is 0.644. The molecule has 1 aliphatic heterocycles. The summed E-state index contributed by atoms with van der Waals surface area (Å²) in [5, 5.41) is 8.87. The van der Waals surface area contributed by atoms with Crippen LogP contribution < -0.4 is 0 Å². The fraction of sp³-hybridized carbons (Fsp3) is 0.889. The average Bonchev–Trinajstić information content (AvgIpc) is 2.47. The van der Waals surface area contributed by atoms with E-state index >= 15 is 0 Å². The molecule has 0 aromatic carbocycles. The number of rotatable bonds is 1. The lowest BCUT2D eigenvalue weighted by Crippen LogP contribution is -2.28. The normalized spacial score (nSPS) is 40.8. The third kappa shape index (κ3) is 1.22. The van der Waals surface area contributed by atoms with Crippen molar-refractivity contribution >= 4 is 5.97 Å². The number of carbonyl (C=O) groups is 1. The van der Waals surface area contributed by atoms with Gasteiger partial charge in [-0.3, -0.25) is 4.79 Å². The van der Waals surface area contributed by atoms with Crippen molar-refractivity contribution in [1.29, 1.82) is 0 Å². The molecule has 1 saturated carbocycles. The molecule has 3 nitrogen and oxygen atoms in total. The number of carboxylic acids is 1. The first kappa shape index (κ1) is 8.05. The summed E-state index contributed by atoms with van der Waals surface area (Å²) in [6.07, 6.45) is 4.73.